The van der Waals surface area contributed by atoms with Gasteiger partial charge in [-0.15, -0.1) is 0 Å². The van der Waals surface area contributed by atoms with Crippen LogP contribution in [0.4, 0.5) is 0 Å². The highest BCUT2D eigenvalue weighted by atomic mass is 79.9. The zero-order chi connectivity index (χ0) is 32.4. The van der Waals surface area contributed by atoms with Crippen molar-refractivity contribution in [3.05, 3.63) is 133 Å². The second-order valence-corrected chi connectivity index (χ2v) is 12.3. The number of rotatable bonds is 10. The average molecular weight is 680 g/mol. The number of aliphatic hydroxyl groups excluding tert-OH is 1. The van der Waals surface area contributed by atoms with Crippen LogP contribution in [-0.4, -0.2) is 57.3 Å². The molecule has 11 heteroatoms. The van der Waals surface area contributed by atoms with Crippen molar-refractivity contribution in [2.75, 3.05) is 13.7 Å². The minimum absolute atomic E-state index is 0.0126. The number of esters is 1. The van der Waals surface area contributed by atoms with Crippen molar-refractivity contribution in [2.45, 2.75) is 49.7 Å². The normalized spacial score (nSPS) is 20.6. The molecule has 0 bridgehead atoms. The Morgan fingerprint density at radius 3 is 2.11 bits per heavy atom. The first-order chi connectivity index (χ1) is 21.5. The molecule has 0 saturated carbocycles. The van der Waals surface area contributed by atoms with Gasteiger partial charge in [0.25, 0.3) is 5.56 Å². The van der Waals surface area contributed by atoms with Gasteiger partial charge in [-0.3, -0.25) is 14.3 Å². The van der Waals surface area contributed by atoms with Crippen molar-refractivity contribution >= 4 is 21.9 Å². The highest BCUT2D eigenvalue weighted by Gasteiger charge is 2.65. The smallest absolute Gasteiger partial charge is 0.337 e. The van der Waals surface area contributed by atoms with Gasteiger partial charge in [-0.05, 0) is 50.7 Å². The van der Waals surface area contributed by atoms with Gasteiger partial charge in [-0.1, -0.05) is 86.6 Å². The van der Waals surface area contributed by atoms with Crippen LogP contribution in [0.3, 0.4) is 0 Å². The maximum atomic E-state index is 13.4. The number of hydrogen-bond acceptors (Lipinski definition) is 8. The summed E-state index contributed by atoms with van der Waals surface area (Å²) < 4.78 is 18.4. The highest BCUT2D eigenvalue weighted by molar-refractivity contribution is 9.10. The summed E-state index contributed by atoms with van der Waals surface area (Å²) in [6, 6.07) is 25.6. The fourth-order valence-corrected chi connectivity index (χ4v) is 6.50. The molecule has 45 heavy (non-hydrogen) atoms. The van der Waals surface area contributed by atoms with Crippen molar-refractivity contribution in [3.8, 4) is 5.75 Å². The van der Waals surface area contributed by atoms with E-state index in [0.29, 0.717) is 22.4 Å². The van der Waals surface area contributed by atoms with E-state index in [0.717, 1.165) is 4.57 Å². The van der Waals surface area contributed by atoms with Crippen LogP contribution in [0.15, 0.2) is 105 Å². The van der Waals surface area contributed by atoms with Gasteiger partial charge < -0.3 is 24.4 Å². The number of aromatic amines is 1. The number of hydrogen-bond donors (Lipinski definition) is 3. The summed E-state index contributed by atoms with van der Waals surface area (Å²) >= 11 is 3.16. The first-order valence-corrected chi connectivity index (χ1v) is 15.3. The van der Waals surface area contributed by atoms with Crippen LogP contribution in [0, 0.1) is 5.92 Å². The van der Waals surface area contributed by atoms with E-state index in [-0.39, 0.29) is 23.4 Å². The molecule has 4 atom stereocenters. The molecule has 1 unspecified atom stereocenters. The number of carbonyl (C=O) groups excluding carboxylic acids is 1. The Morgan fingerprint density at radius 2 is 1.58 bits per heavy atom. The predicted octanol–water partition coefficient (Wildman–Crippen LogP) is 3.92. The van der Waals surface area contributed by atoms with Crippen LogP contribution in [0.1, 0.15) is 43.2 Å². The molecular formula is C34H35BrN2O8. The number of aliphatic hydroxyl groups is 2. The number of nitrogens with one attached hydrogen (secondary N) is 1. The number of aromatic nitrogens is 2. The number of methoxy groups -OCH3 is 1. The van der Waals surface area contributed by atoms with Gasteiger partial charge in [-0.25, -0.2) is 9.59 Å². The van der Waals surface area contributed by atoms with Crippen LogP contribution in [0.5, 0.6) is 5.75 Å². The molecule has 4 aromatic rings. The quantitative estimate of drug-likeness (QED) is 0.169. The van der Waals surface area contributed by atoms with Gasteiger partial charge in [0.1, 0.15) is 23.7 Å². The Hall–Kier alpha value is -4.03. The fourth-order valence-electron chi connectivity index (χ4n) is 6.18. The molecule has 1 aliphatic rings. The molecule has 3 N–H and O–H groups in total. The monoisotopic (exact) mass is 678 g/mol. The predicted molar refractivity (Wildman–Crippen MR) is 170 cm³/mol. The van der Waals surface area contributed by atoms with E-state index < -0.39 is 46.7 Å². The van der Waals surface area contributed by atoms with Crippen molar-refractivity contribution < 1.29 is 29.2 Å². The summed E-state index contributed by atoms with van der Waals surface area (Å²) in [6.45, 7) is 3.76. The summed E-state index contributed by atoms with van der Waals surface area (Å²) in [5.41, 5.74) is -3.14. The first kappa shape index (κ1) is 32.4. The van der Waals surface area contributed by atoms with Gasteiger partial charge in [0.2, 0.25) is 0 Å². The molecule has 1 aliphatic heterocycles. The Morgan fingerprint density at radius 1 is 1.02 bits per heavy atom. The van der Waals surface area contributed by atoms with E-state index in [1.165, 1.54) is 6.20 Å². The van der Waals surface area contributed by atoms with Crippen LogP contribution in [0.25, 0.3) is 0 Å². The Balaban J connectivity index is 1.82. The van der Waals surface area contributed by atoms with Crippen LogP contribution < -0.4 is 16.0 Å². The molecule has 0 radical (unpaired) electrons. The molecule has 5 rings (SSSR count). The number of H-pyrrole nitrogens is 1. The van der Waals surface area contributed by atoms with E-state index in [2.05, 4.69) is 20.9 Å². The van der Waals surface area contributed by atoms with E-state index in [1.807, 2.05) is 86.6 Å². The van der Waals surface area contributed by atoms with Crippen LogP contribution in [-0.2, 0) is 19.7 Å². The Kier molecular flexibility index (Phi) is 9.45. The van der Waals surface area contributed by atoms with Gasteiger partial charge in [-0.2, -0.15) is 0 Å². The van der Waals surface area contributed by atoms with E-state index in [4.69, 9.17) is 14.2 Å². The summed E-state index contributed by atoms with van der Waals surface area (Å²) in [6.07, 6.45) is -3.79. The zero-order valence-corrected chi connectivity index (χ0v) is 26.6. The molecule has 0 spiro atoms. The van der Waals surface area contributed by atoms with Gasteiger partial charge in [0, 0.05) is 12.6 Å². The molecule has 0 amide bonds. The number of nitrogens with zero attached hydrogens (tertiary/aromatic N) is 1. The van der Waals surface area contributed by atoms with Gasteiger partial charge in [0.15, 0.2) is 6.10 Å². The topological polar surface area (TPSA) is 140 Å². The molecular weight excluding hydrogens is 644 g/mol. The van der Waals surface area contributed by atoms with Gasteiger partial charge >= 0.3 is 11.7 Å². The minimum Gasteiger partial charge on any atom is -0.497 e. The van der Waals surface area contributed by atoms with Gasteiger partial charge in [0.05, 0.1) is 23.6 Å². The van der Waals surface area contributed by atoms with Crippen LogP contribution in [0.2, 0.25) is 0 Å². The maximum absolute atomic E-state index is 13.4. The molecule has 1 aromatic heterocycles. The first-order valence-electron chi connectivity index (χ1n) is 14.5. The lowest BCUT2D eigenvalue weighted by molar-refractivity contribution is -0.178. The lowest BCUT2D eigenvalue weighted by Gasteiger charge is -2.49. The third kappa shape index (κ3) is 5.88. The number of carbonyl (C=O) groups is 1. The molecule has 236 valence electrons. The standard InChI is InChI=1S/C34H35BrN2O8/c1-21(2)20-44-31(40)28(38)29-33(42,18-27(45-29)37-19-26(35)30(39)36-32(37)41)34(22-10-6-4-7-11-22,23-12-8-5-9-13-23)24-14-16-25(43-3)17-15-24/h4-17,19,21,27-29,38,42H,18,20H2,1-3H3,(H,36,39,41)/t27-,28?,29-,33+/m1/s1. The van der Waals surface area contributed by atoms with Crippen molar-refractivity contribution in [1.82, 2.24) is 9.55 Å². The van der Waals surface area contributed by atoms with Crippen molar-refractivity contribution in [2.24, 2.45) is 5.92 Å². The number of halogens is 1. The third-order valence-electron chi connectivity index (χ3n) is 8.17. The SMILES string of the molecule is COc1ccc(C(c2ccccc2)(c2ccccc2)[C@]2(O)C[C@H](n3cc(Br)c(=O)[nH]c3=O)O[C@@H]2C(O)C(=O)OCC(C)C)cc1. The Bertz CT molecular complexity index is 1700. The molecule has 10 nitrogen and oxygen atoms in total. The number of ether oxygens (including phenoxy) is 3. The fraction of sp³-hybridized carbons (Fsp3) is 0.324. The molecule has 0 aliphatic carbocycles. The van der Waals surface area contributed by atoms with Crippen molar-refractivity contribution in [3.63, 3.8) is 0 Å². The lowest BCUT2D eigenvalue weighted by Crippen LogP contribution is -2.62. The number of benzene rings is 3. The molecule has 1 saturated heterocycles. The Labute approximate surface area is 268 Å². The summed E-state index contributed by atoms with van der Waals surface area (Å²) in [7, 11) is 1.55. The minimum atomic E-state index is -2.10. The summed E-state index contributed by atoms with van der Waals surface area (Å²) in [4.78, 5) is 40.8. The van der Waals surface area contributed by atoms with E-state index in [1.54, 1.807) is 19.2 Å². The maximum Gasteiger partial charge on any atom is 0.337 e. The van der Waals surface area contributed by atoms with E-state index in [9.17, 15) is 24.6 Å². The second kappa shape index (κ2) is 13.1. The lowest BCUT2D eigenvalue weighted by atomic mass is 9.56. The van der Waals surface area contributed by atoms with E-state index >= 15 is 0 Å². The second-order valence-electron chi connectivity index (χ2n) is 11.5. The summed E-state index contributed by atoms with van der Waals surface area (Å²) in [5.74, 6) is -0.409. The zero-order valence-electron chi connectivity index (χ0n) is 25.1. The summed E-state index contributed by atoms with van der Waals surface area (Å²) in [5, 5.41) is 25.0. The van der Waals surface area contributed by atoms with Crippen molar-refractivity contribution in [1.29, 1.82) is 0 Å². The van der Waals surface area contributed by atoms with Crippen LogP contribution >= 0.6 is 15.9 Å². The average Bonchev–Trinajstić information content (AvgIpc) is 3.40. The highest BCUT2D eigenvalue weighted by Crippen LogP contribution is 2.56. The molecule has 3 aromatic carbocycles. The molecule has 2 heterocycles. The third-order valence-corrected chi connectivity index (χ3v) is 8.73. The molecule has 1 fully saturated rings. The largest absolute Gasteiger partial charge is 0.497 e.